The first-order chi connectivity index (χ1) is 12.8. The number of carbonyl (C=O) groups is 2. The molecule has 2 aromatic rings. The van der Waals surface area contributed by atoms with Crippen molar-refractivity contribution in [2.24, 2.45) is 0 Å². The first-order valence-corrected chi connectivity index (χ1v) is 8.05. The zero-order chi connectivity index (χ0) is 19.6. The van der Waals surface area contributed by atoms with E-state index in [0.29, 0.717) is 11.4 Å². The SMILES string of the molecule is C[C@@H]1Oc2ccccc2N(CC(=O)NNc2cccc(C(F)(F)F)c2)C1=O. The molecule has 0 aromatic heterocycles. The van der Waals surface area contributed by atoms with Gasteiger partial charge in [0.2, 0.25) is 0 Å². The summed E-state index contributed by atoms with van der Waals surface area (Å²) < 4.78 is 43.7. The molecule has 2 amide bonds. The van der Waals surface area contributed by atoms with Gasteiger partial charge in [0.15, 0.2) is 6.10 Å². The number of hydrazine groups is 1. The van der Waals surface area contributed by atoms with E-state index in [4.69, 9.17) is 4.74 Å². The van der Waals surface area contributed by atoms with Gasteiger partial charge in [0.05, 0.1) is 16.9 Å². The normalized spacial score (nSPS) is 16.4. The van der Waals surface area contributed by atoms with Gasteiger partial charge in [-0.05, 0) is 37.3 Å². The molecule has 2 N–H and O–H groups in total. The minimum Gasteiger partial charge on any atom is -0.479 e. The summed E-state index contributed by atoms with van der Waals surface area (Å²) >= 11 is 0. The van der Waals surface area contributed by atoms with Gasteiger partial charge in [-0.1, -0.05) is 18.2 Å². The van der Waals surface area contributed by atoms with Crippen LogP contribution in [0.2, 0.25) is 0 Å². The van der Waals surface area contributed by atoms with Crippen molar-refractivity contribution in [3.63, 3.8) is 0 Å². The van der Waals surface area contributed by atoms with Crippen LogP contribution < -0.4 is 20.5 Å². The number of nitrogens with one attached hydrogen (secondary N) is 2. The van der Waals surface area contributed by atoms with Crippen molar-refractivity contribution in [1.82, 2.24) is 5.43 Å². The number of halogens is 3. The summed E-state index contributed by atoms with van der Waals surface area (Å²) in [6.45, 7) is 1.26. The molecule has 0 spiro atoms. The Balaban J connectivity index is 1.67. The van der Waals surface area contributed by atoms with Crippen LogP contribution in [0.15, 0.2) is 48.5 Å². The van der Waals surface area contributed by atoms with E-state index >= 15 is 0 Å². The van der Waals surface area contributed by atoms with E-state index in [2.05, 4.69) is 10.9 Å². The summed E-state index contributed by atoms with van der Waals surface area (Å²) in [6.07, 6.45) is -5.23. The van der Waals surface area contributed by atoms with Crippen LogP contribution in [0.1, 0.15) is 12.5 Å². The molecule has 0 radical (unpaired) electrons. The molecule has 1 heterocycles. The second-order valence-corrected chi connectivity index (χ2v) is 5.90. The standard InChI is InChI=1S/C18H16F3N3O3/c1-11-17(26)24(14-7-2-3-8-15(14)27-11)10-16(25)23-22-13-6-4-5-12(9-13)18(19,20)21/h2-9,11,22H,10H2,1H3,(H,23,25)/t11-/m0/s1. The van der Waals surface area contributed by atoms with Crippen molar-refractivity contribution < 1.29 is 27.5 Å². The topological polar surface area (TPSA) is 70.7 Å². The van der Waals surface area contributed by atoms with E-state index in [1.165, 1.54) is 17.0 Å². The molecule has 0 unspecified atom stereocenters. The lowest BCUT2D eigenvalue weighted by atomic mass is 10.2. The largest absolute Gasteiger partial charge is 0.479 e. The number of para-hydroxylation sites is 2. The predicted molar refractivity (Wildman–Crippen MR) is 92.1 cm³/mol. The van der Waals surface area contributed by atoms with E-state index in [1.54, 1.807) is 31.2 Å². The van der Waals surface area contributed by atoms with Crippen LogP contribution in [0.4, 0.5) is 24.5 Å². The van der Waals surface area contributed by atoms with Gasteiger partial charge in [-0.15, -0.1) is 0 Å². The van der Waals surface area contributed by atoms with Gasteiger partial charge in [0, 0.05) is 0 Å². The first-order valence-electron chi connectivity index (χ1n) is 8.05. The van der Waals surface area contributed by atoms with Gasteiger partial charge >= 0.3 is 6.18 Å². The molecule has 0 saturated carbocycles. The average Bonchev–Trinajstić information content (AvgIpc) is 2.63. The van der Waals surface area contributed by atoms with Crippen LogP contribution in [0, 0.1) is 0 Å². The molecule has 0 aliphatic carbocycles. The number of rotatable bonds is 4. The van der Waals surface area contributed by atoms with Gasteiger partial charge in [-0.25, -0.2) is 0 Å². The number of alkyl halides is 3. The maximum Gasteiger partial charge on any atom is 0.416 e. The lowest BCUT2D eigenvalue weighted by molar-refractivity contribution is -0.137. The highest BCUT2D eigenvalue weighted by Crippen LogP contribution is 2.33. The van der Waals surface area contributed by atoms with Crippen molar-refractivity contribution >= 4 is 23.2 Å². The van der Waals surface area contributed by atoms with Crippen molar-refractivity contribution in [1.29, 1.82) is 0 Å². The second-order valence-electron chi connectivity index (χ2n) is 5.90. The fraction of sp³-hybridized carbons (Fsp3) is 0.222. The zero-order valence-electron chi connectivity index (χ0n) is 14.2. The summed E-state index contributed by atoms with van der Waals surface area (Å²) in [5.41, 5.74) is 4.41. The van der Waals surface area contributed by atoms with Gasteiger partial charge in [-0.3, -0.25) is 25.3 Å². The molecule has 6 nitrogen and oxygen atoms in total. The minimum absolute atomic E-state index is 0.0697. The van der Waals surface area contributed by atoms with E-state index in [-0.39, 0.29) is 18.1 Å². The fourth-order valence-corrected chi connectivity index (χ4v) is 2.62. The number of carbonyl (C=O) groups excluding carboxylic acids is 2. The lowest BCUT2D eigenvalue weighted by Crippen LogP contribution is -2.49. The van der Waals surface area contributed by atoms with E-state index < -0.39 is 23.8 Å². The number of nitrogens with zero attached hydrogens (tertiary/aromatic N) is 1. The van der Waals surface area contributed by atoms with Crippen molar-refractivity contribution in [2.75, 3.05) is 16.9 Å². The van der Waals surface area contributed by atoms with Crippen LogP contribution in [-0.4, -0.2) is 24.5 Å². The summed E-state index contributed by atoms with van der Waals surface area (Å²) in [6, 6.07) is 11.2. The molecule has 9 heteroatoms. The van der Waals surface area contributed by atoms with Crippen molar-refractivity contribution in [3.05, 3.63) is 54.1 Å². The number of amides is 2. The minimum atomic E-state index is -4.48. The molecule has 1 aliphatic heterocycles. The lowest BCUT2D eigenvalue weighted by Gasteiger charge is -2.32. The van der Waals surface area contributed by atoms with E-state index in [9.17, 15) is 22.8 Å². The number of fused-ring (bicyclic) bond motifs is 1. The van der Waals surface area contributed by atoms with E-state index in [0.717, 1.165) is 12.1 Å². The molecule has 0 bridgehead atoms. The number of hydrogen-bond donors (Lipinski definition) is 2. The molecule has 142 valence electrons. The van der Waals surface area contributed by atoms with Crippen LogP contribution >= 0.6 is 0 Å². The smallest absolute Gasteiger partial charge is 0.416 e. The molecule has 1 atom stereocenters. The Labute approximate surface area is 152 Å². The van der Waals surface area contributed by atoms with Crippen LogP contribution in [-0.2, 0) is 15.8 Å². The Hall–Kier alpha value is -3.23. The molecule has 0 fully saturated rings. The average molecular weight is 379 g/mol. The maximum absolute atomic E-state index is 12.7. The van der Waals surface area contributed by atoms with Crippen LogP contribution in [0.3, 0.4) is 0 Å². The Kier molecular flexibility index (Phi) is 4.93. The number of hydrogen-bond acceptors (Lipinski definition) is 4. The highest BCUT2D eigenvalue weighted by Gasteiger charge is 2.33. The molecular weight excluding hydrogens is 363 g/mol. The number of ether oxygens (including phenoxy) is 1. The third-order valence-electron chi connectivity index (χ3n) is 3.91. The molecule has 27 heavy (non-hydrogen) atoms. The monoisotopic (exact) mass is 379 g/mol. The van der Waals surface area contributed by atoms with Gasteiger partial charge in [-0.2, -0.15) is 13.2 Å². The van der Waals surface area contributed by atoms with Crippen molar-refractivity contribution in [3.8, 4) is 5.75 Å². The van der Waals surface area contributed by atoms with Gasteiger partial charge < -0.3 is 4.74 Å². The molecular formula is C18H16F3N3O3. The highest BCUT2D eigenvalue weighted by molar-refractivity contribution is 6.03. The third kappa shape index (κ3) is 4.13. The zero-order valence-corrected chi connectivity index (χ0v) is 14.2. The molecule has 0 saturated heterocycles. The Morgan fingerprint density at radius 1 is 1.19 bits per heavy atom. The fourth-order valence-electron chi connectivity index (χ4n) is 2.62. The third-order valence-corrected chi connectivity index (χ3v) is 3.91. The summed E-state index contributed by atoms with van der Waals surface area (Å²) in [4.78, 5) is 25.8. The highest BCUT2D eigenvalue weighted by atomic mass is 19.4. The van der Waals surface area contributed by atoms with Crippen molar-refractivity contribution in [2.45, 2.75) is 19.2 Å². The summed E-state index contributed by atoms with van der Waals surface area (Å²) in [5, 5.41) is 0. The maximum atomic E-state index is 12.7. The summed E-state index contributed by atoms with van der Waals surface area (Å²) in [7, 11) is 0. The number of anilines is 2. The molecule has 3 rings (SSSR count). The molecule has 1 aliphatic rings. The Morgan fingerprint density at radius 3 is 2.67 bits per heavy atom. The summed E-state index contributed by atoms with van der Waals surface area (Å²) in [5.74, 6) is -0.504. The Morgan fingerprint density at radius 2 is 1.93 bits per heavy atom. The van der Waals surface area contributed by atoms with E-state index in [1.807, 2.05) is 0 Å². The van der Waals surface area contributed by atoms with Crippen LogP contribution in [0.5, 0.6) is 5.75 Å². The first kappa shape index (κ1) is 18.6. The van der Waals surface area contributed by atoms with Gasteiger partial charge in [0.25, 0.3) is 11.8 Å². The molecule has 2 aromatic carbocycles. The quantitative estimate of drug-likeness (QED) is 0.802. The Bertz CT molecular complexity index is 870. The number of benzene rings is 2. The second kappa shape index (κ2) is 7.18. The predicted octanol–water partition coefficient (Wildman–Crippen LogP) is 2.96. The van der Waals surface area contributed by atoms with Crippen LogP contribution in [0.25, 0.3) is 0 Å². The van der Waals surface area contributed by atoms with Gasteiger partial charge in [0.1, 0.15) is 12.3 Å².